The van der Waals surface area contributed by atoms with Crippen LogP contribution in [-0.4, -0.2) is 28.3 Å². The molecule has 0 aliphatic carbocycles. The Bertz CT molecular complexity index is 1340. The molecule has 1 heterocycles. The van der Waals surface area contributed by atoms with Crippen molar-refractivity contribution >= 4 is 50.9 Å². The maximum atomic E-state index is 12.9. The maximum Gasteiger partial charge on any atom is 0.339 e. The zero-order valence-corrected chi connectivity index (χ0v) is 18.7. The lowest BCUT2D eigenvalue weighted by atomic mass is 10.0. The Morgan fingerprint density at radius 2 is 1.69 bits per heavy atom. The summed E-state index contributed by atoms with van der Waals surface area (Å²) in [7, 11) is 0. The number of aromatic nitrogens is 1. The van der Waals surface area contributed by atoms with E-state index in [-0.39, 0.29) is 11.3 Å². The van der Waals surface area contributed by atoms with Crippen molar-refractivity contribution in [2.45, 2.75) is 0 Å². The number of hydrogen-bond acceptors (Lipinski definition) is 6. The van der Waals surface area contributed by atoms with E-state index in [1.165, 1.54) is 24.3 Å². The van der Waals surface area contributed by atoms with Crippen LogP contribution in [0.3, 0.4) is 0 Å². The van der Waals surface area contributed by atoms with Crippen molar-refractivity contribution < 1.29 is 19.2 Å². The minimum absolute atomic E-state index is 0.121. The van der Waals surface area contributed by atoms with Crippen LogP contribution in [0.5, 0.6) is 0 Å². The van der Waals surface area contributed by atoms with E-state index in [4.69, 9.17) is 4.74 Å². The van der Waals surface area contributed by atoms with Gasteiger partial charge in [0.05, 0.1) is 21.7 Å². The van der Waals surface area contributed by atoms with Gasteiger partial charge >= 0.3 is 5.97 Å². The molecule has 8 heteroatoms. The van der Waals surface area contributed by atoms with E-state index in [0.717, 1.165) is 9.13 Å². The Balaban J connectivity index is 1.61. The number of benzene rings is 3. The molecular formula is C24H15IN2O5. The van der Waals surface area contributed by atoms with Gasteiger partial charge in [-0.2, -0.15) is 0 Å². The lowest BCUT2D eigenvalue weighted by Crippen LogP contribution is -2.15. The van der Waals surface area contributed by atoms with Crippen LogP contribution in [-0.2, 0) is 4.74 Å². The zero-order chi connectivity index (χ0) is 22.7. The number of Topliss-reactive ketones (excluding diaryl/α,β-unsaturated/α-hetero) is 1. The number of halogens is 1. The molecule has 0 spiro atoms. The molecule has 3 aromatic carbocycles. The number of nitro benzene ring substituents is 1. The average Bonchev–Trinajstić information content (AvgIpc) is 2.82. The number of hydrogen-bond donors (Lipinski definition) is 0. The Morgan fingerprint density at radius 3 is 2.38 bits per heavy atom. The van der Waals surface area contributed by atoms with Gasteiger partial charge in [0.25, 0.3) is 5.69 Å². The maximum absolute atomic E-state index is 12.9. The summed E-state index contributed by atoms with van der Waals surface area (Å²) >= 11 is 2.15. The lowest BCUT2D eigenvalue weighted by Gasteiger charge is -2.10. The predicted octanol–water partition coefficient (Wildman–Crippen LogP) is 5.45. The van der Waals surface area contributed by atoms with E-state index < -0.39 is 23.3 Å². The summed E-state index contributed by atoms with van der Waals surface area (Å²) in [6.45, 7) is -0.481. The van der Waals surface area contributed by atoms with Crippen LogP contribution in [0.15, 0.2) is 78.9 Å². The molecule has 0 N–H and O–H groups in total. The summed E-state index contributed by atoms with van der Waals surface area (Å²) in [4.78, 5) is 40.2. The van der Waals surface area contributed by atoms with Crippen LogP contribution >= 0.6 is 22.6 Å². The predicted molar refractivity (Wildman–Crippen MR) is 128 cm³/mol. The number of carbonyl (C=O) groups is 2. The molecule has 0 saturated carbocycles. The normalized spacial score (nSPS) is 10.7. The molecule has 0 radical (unpaired) electrons. The van der Waals surface area contributed by atoms with E-state index in [9.17, 15) is 19.7 Å². The highest BCUT2D eigenvalue weighted by molar-refractivity contribution is 14.1. The first-order valence-corrected chi connectivity index (χ1v) is 10.6. The highest BCUT2D eigenvalue weighted by Gasteiger charge is 2.18. The Hall–Kier alpha value is -3.66. The number of ether oxygens (including phenoxy) is 1. The molecule has 0 saturated heterocycles. The molecular weight excluding hydrogens is 523 g/mol. The van der Waals surface area contributed by atoms with E-state index >= 15 is 0 Å². The molecule has 7 nitrogen and oxygen atoms in total. The summed E-state index contributed by atoms with van der Waals surface area (Å²) in [6.07, 6.45) is 0. The first-order chi connectivity index (χ1) is 15.4. The van der Waals surface area contributed by atoms with Crippen molar-refractivity contribution in [3.63, 3.8) is 0 Å². The number of non-ortho nitro benzene ring substituents is 1. The third-order valence-corrected chi connectivity index (χ3v) is 5.47. The number of pyridine rings is 1. The van der Waals surface area contributed by atoms with Gasteiger partial charge in [-0.1, -0.05) is 30.3 Å². The van der Waals surface area contributed by atoms with Crippen molar-refractivity contribution in [1.29, 1.82) is 0 Å². The summed E-state index contributed by atoms with van der Waals surface area (Å²) in [5.74, 6) is -1.10. The number of ketones is 1. The Kier molecular flexibility index (Phi) is 6.22. The van der Waals surface area contributed by atoms with Crippen LogP contribution in [0.1, 0.15) is 20.7 Å². The third kappa shape index (κ3) is 4.65. The zero-order valence-electron chi connectivity index (χ0n) is 16.5. The second-order valence-electron chi connectivity index (χ2n) is 6.89. The van der Waals surface area contributed by atoms with Crippen molar-refractivity contribution in [2.24, 2.45) is 0 Å². The van der Waals surface area contributed by atoms with E-state index in [1.807, 2.05) is 48.5 Å². The number of rotatable bonds is 6. The van der Waals surface area contributed by atoms with Crippen LogP contribution in [0, 0.1) is 13.7 Å². The molecule has 0 unspecified atom stereocenters. The summed E-state index contributed by atoms with van der Waals surface area (Å²) in [6, 6.07) is 21.8. The fourth-order valence-corrected chi connectivity index (χ4v) is 3.68. The fourth-order valence-electron chi connectivity index (χ4n) is 3.18. The summed E-state index contributed by atoms with van der Waals surface area (Å²) < 4.78 is 6.24. The van der Waals surface area contributed by atoms with Crippen LogP contribution in [0.25, 0.3) is 22.2 Å². The number of nitro groups is 1. The van der Waals surface area contributed by atoms with Gasteiger partial charge in [0.2, 0.25) is 0 Å². The molecule has 0 atom stereocenters. The minimum Gasteiger partial charge on any atom is -0.454 e. The third-order valence-electron chi connectivity index (χ3n) is 4.79. The second kappa shape index (κ2) is 9.23. The van der Waals surface area contributed by atoms with Crippen molar-refractivity contribution in [2.75, 3.05) is 6.61 Å². The molecule has 0 amide bonds. The molecule has 4 aromatic rings. The molecule has 0 aliphatic heterocycles. The molecule has 0 fully saturated rings. The lowest BCUT2D eigenvalue weighted by molar-refractivity contribution is -0.384. The van der Waals surface area contributed by atoms with E-state index in [2.05, 4.69) is 27.6 Å². The van der Waals surface area contributed by atoms with Gasteiger partial charge in [0.1, 0.15) is 0 Å². The number of nitrogens with zero attached hydrogens (tertiary/aromatic N) is 2. The van der Waals surface area contributed by atoms with Crippen LogP contribution < -0.4 is 0 Å². The van der Waals surface area contributed by atoms with E-state index in [1.54, 1.807) is 6.07 Å². The number of fused-ring (bicyclic) bond motifs is 1. The standard InChI is InChI=1S/C24H15IN2O5/c25-17-8-11-21-19(12-17)20(13-22(26-21)15-4-2-1-3-5-15)24(29)32-14-23(28)16-6-9-18(10-7-16)27(30)31/h1-13H,14H2. The molecule has 0 bridgehead atoms. The highest BCUT2D eigenvalue weighted by Crippen LogP contribution is 2.27. The van der Waals surface area contributed by atoms with Gasteiger partial charge in [-0.25, -0.2) is 9.78 Å². The molecule has 4 rings (SSSR count). The first-order valence-electron chi connectivity index (χ1n) is 9.53. The van der Waals surface area contributed by atoms with Gasteiger partial charge < -0.3 is 4.74 Å². The van der Waals surface area contributed by atoms with Gasteiger partial charge in [-0.15, -0.1) is 0 Å². The van der Waals surface area contributed by atoms with Crippen LogP contribution in [0.4, 0.5) is 5.69 Å². The molecule has 0 aliphatic rings. The van der Waals surface area contributed by atoms with Crippen molar-refractivity contribution in [1.82, 2.24) is 4.98 Å². The number of esters is 1. The largest absolute Gasteiger partial charge is 0.454 e. The quantitative estimate of drug-likeness (QED) is 0.106. The first kappa shape index (κ1) is 21.6. The Morgan fingerprint density at radius 1 is 0.969 bits per heavy atom. The minimum atomic E-state index is -0.646. The second-order valence-corrected chi connectivity index (χ2v) is 8.13. The van der Waals surface area contributed by atoms with Gasteiger partial charge in [-0.05, 0) is 59.0 Å². The summed E-state index contributed by atoms with van der Waals surface area (Å²) in [5.41, 5.74) is 2.52. The van der Waals surface area contributed by atoms with Crippen molar-refractivity contribution in [3.05, 3.63) is 104 Å². The molecule has 158 valence electrons. The highest BCUT2D eigenvalue weighted by atomic mass is 127. The average molecular weight is 538 g/mol. The smallest absolute Gasteiger partial charge is 0.339 e. The van der Waals surface area contributed by atoms with Gasteiger partial charge in [0, 0.05) is 32.2 Å². The summed E-state index contributed by atoms with van der Waals surface area (Å²) in [5, 5.41) is 11.4. The van der Waals surface area contributed by atoms with Gasteiger partial charge in [-0.3, -0.25) is 14.9 Å². The number of carbonyl (C=O) groups excluding carboxylic acids is 2. The van der Waals surface area contributed by atoms with Gasteiger partial charge in [0.15, 0.2) is 12.4 Å². The topological polar surface area (TPSA) is 99.4 Å². The molecule has 1 aromatic heterocycles. The Labute approximate surface area is 196 Å². The van der Waals surface area contributed by atoms with Crippen LogP contribution in [0.2, 0.25) is 0 Å². The van der Waals surface area contributed by atoms with E-state index in [0.29, 0.717) is 22.2 Å². The van der Waals surface area contributed by atoms with Crippen molar-refractivity contribution in [3.8, 4) is 11.3 Å². The fraction of sp³-hybridized carbons (Fsp3) is 0.0417. The monoisotopic (exact) mass is 538 g/mol. The SMILES string of the molecule is O=C(COC(=O)c1cc(-c2ccccc2)nc2ccc(I)cc12)c1ccc([N+](=O)[O-])cc1. The molecule has 32 heavy (non-hydrogen) atoms.